The summed E-state index contributed by atoms with van der Waals surface area (Å²) < 4.78 is 0. The summed E-state index contributed by atoms with van der Waals surface area (Å²) in [6, 6.07) is 0. The number of carboxylic acids is 1. The van der Waals surface area contributed by atoms with E-state index < -0.39 is 11.5 Å². The summed E-state index contributed by atoms with van der Waals surface area (Å²) in [5.41, 5.74) is -0.825. The van der Waals surface area contributed by atoms with Crippen molar-refractivity contribution in [3.05, 3.63) is 0 Å². The van der Waals surface area contributed by atoms with Gasteiger partial charge < -0.3 is 10.0 Å². The lowest BCUT2D eigenvalue weighted by Gasteiger charge is -2.28. The maximum absolute atomic E-state index is 11.4. The van der Waals surface area contributed by atoms with E-state index in [9.17, 15) is 9.90 Å². The highest BCUT2D eigenvalue weighted by atomic mass is 16.4. The summed E-state index contributed by atoms with van der Waals surface area (Å²) in [5.74, 6) is 1.69. The monoisotopic (exact) mass is 238 g/mol. The van der Waals surface area contributed by atoms with Crippen LogP contribution in [0.1, 0.15) is 32.6 Å². The van der Waals surface area contributed by atoms with Crippen molar-refractivity contribution in [3.8, 4) is 12.3 Å². The topological polar surface area (TPSA) is 52.6 Å². The van der Waals surface area contributed by atoms with Crippen LogP contribution in [0.15, 0.2) is 0 Å². The van der Waals surface area contributed by atoms with Crippen LogP contribution in [0.3, 0.4) is 0 Å². The second kappa shape index (κ2) is 6.63. The first kappa shape index (κ1) is 14.0. The highest BCUT2D eigenvalue weighted by Gasteiger charge is 2.38. The Morgan fingerprint density at radius 3 is 2.88 bits per heavy atom. The van der Waals surface area contributed by atoms with E-state index in [0.29, 0.717) is 19.4 Å². The smallest absolute Gasteiger partial charge is 0.323 e. The molecule has 0 saturated carbocycles. The van der Waals surface area contributed by atoms with Gasteiger partial charge in [0, 0.05) is 6.54 Å². The molecule has 1 aliphatic heterocycles. The molecule has 2 N–H and O–H groups in total. The third kappa shape index (κ3) is 3.72. The molecule has 0 aromatic heterocycles. The van der Waals surface area contributed by atoms with Crippen molar-refractivity contribution in [2.75, 3.05) is 26.2 Å². The molecule has 0 aromatic carbocycles. The minimum Gasteiger partial charge on any atom is -0.480 e. The lowest BCUT2D eigenvalue weighted by molar-refractivity contribution is -0.145. The van der Waals surface area contributed by atoms with E-state index >= 15 is 0 Å². The first-order valence-corrected chi connectivity index (χ1v) is 6.29. The Morgan fingerprint density at radius 2 is 2.29 bits per heavy atom. The van der Waals surface area contributed by atoms with Gasteiger partial charge in [0.15, 0.2) is 0 Å². The maximum Gasteiger partial charge on any atom is 0.323 e. The molecule has 1 saturated heterocycles. The van der Waals surface area contributed by atoms with Crippen LogP contribution in [0.25, 0.3) is 0 Å². The summed E-state index contributed by atoms with van der Waals surface area (Å²) in [4.78, 5) is 13.8. The molecule has 17 heavy (non-hydrogen) atoms. The maximum atomic E-state index is 11.4. The van der Waals surface area contributed by atoms with E-state index in [4.69, 9.17) is 6.42 Å². The van der Waals surface area contributed by atoms with E-state index in [1.807, 2.05) is 0 Å². The Bertz CT molecular complexity index is 298. The molecule has 1 atom stereocenters. The second-order valence-corrected chi connectivity index (χ2v) is 4.64. The van der Waals surface area contributed by atoms with E-state index in [0.717, 1.165) is 32.5 Å². The standard InChI is InChI=1S/C13H22N2O2/c1-3-8-14-13(12(16)17)6-5-10-15(9-4-2)11-7-13/h1,14H,4-11H2,2H3,(H,16,17). The Labute approximate surface area is 103 Å². The van der Waals surface area contributed by atoms with Gasteiger partial charge in [0.25, 0.3) is 0 Å². The van der Waals surface area contributed by atoms with Gasteiger partial charge in [-0.25, -0.2) is 0 Å². The number of hydrogen-bond acceptors (Lipinski definition) is 3. The van der Waals surface area contributed by atoms with Gasteiger partial charge >= 0.3 is 5.97 Å². The fourth-order valence-electron chi connectivity index (χ4n) is 2.42. The average Bonchev–Trinajstić information content (AvgIpc) is 2.51. The minimum absolute atomic E-state index is 0.320. The molecule has 4 nitrogen and oxygen atoms in total. The summed E-state index contributed by atoms with van der Waals surface area (Å²) in [6.45, 7) is 5.33. The van der Waals surface area contributed by atoms with Gasteiger partial charge in [-0.1, -0.05) is 12.8 Å². The fourth-order valence-corrected chi connectivity index (χ4v) is 2.42. The first-order valence-electron chi connectivity index (χ1n) is 6.29. The van der Waals surface area contributed by atoms with Crippen LogP contribution in [0.2, 0.25) is 0 Å². The predicted octanol–water partition coefficient (Wildman–Crippen LogP) is 0.928. The summed E-state index contributed by atoms with van der Waals surface area (Å²) in [6.07, 6.45) is 8.50. The Hall–Kier alpha value is -1.05. The minimum atomic E-state index is -0.825. The van der Waals surface area contributed by atoms with Crippen LogP contribution >= 0.6 is 0 Å². The van der Waals surface area contributed by atoms with Crippen LogP contribution in [0.5, 0.6) is 0 Å². The Balaban J connectivity index is 2.66. The lowest BCUT2D eigenvalue weighted by atomic mass is 9.90. The zero-order chi connectivity index (χ0) is 12.7. The molecule has 0 bridgehead atoms. The molecule has 0 radical (unpaired) electrons. The second-order valence-electron chi connectivity index (χ2n) is 4.64. The molecular weight excluding hydrogens is 216 g/mol. The van der Waals surface area contributed by atoms with Crippen LogP contribution in [-0.2, 0) is 4.79 Å². The van der Waals surface area contributed by atoms with Crippen molar-refractivity contribution in [2.24, 2.45) is 0 Å². The van der Waals surface area contributed by atoms with Crippen molar-refractivity contribution in [1.82, 2.24) is 10.2 Å². The Morgan fingerprint density at radius 1 is 1.53 bits per heavy atom. The molecule has 1 unspecified atom stereocenters. The molecule has 0 aliphatic carbocycles. The zero-order valence-electron chi connectivity index (χ0n) is 10.5. The molecule has 1 aliphatic rings. The number of likely N-dealkylation sites (tertiary alicyclic amines) is 1. The fraction of sp³-hybridized carbons (Fsp3) is 0.769. The Kier molecular flexibility index (Phi) is 5.46. The van der Waals surface area contributed by atoms with Gasteiger partial charge in [-0.05, 0) is 38.8 Å². The lowest BCUT2D eigenvalue weighted by Crippen LogP contribution is -2.52. The summed E-state index contributed by atoms with van der Waals surface area (Å²) >= 11 is 0. The number of hydrogen-bond donors (Lipinski definition) is 2. The summed E-state index contributed by atoms with van der Waals surface area (Å²) in [5, 5.41) is 12.4. The molecule has 1 rings (SSSR count). The van der Waals surface area contributed by atoms with Gasteiger partial charge in [0.05, 0.1) is 6.54 Å². The number of terminal acetylenes is 1. The SMILES string of the molecule is C#CCNC1(C(=O)O)CCCN(CCC)CC1. The molecule has 96 valence electrons. The third-order valence-electron chi connectivity index (χ3n) is 3.41. The number of rotatable bonds is 5. The van der Waals surface area contributed by atoms with Crippen molar-refractivity contribution in [1.29, 1.82) is 0 Å². The van der Waals surface area contributed by atoms with E-state index in [1.54, 1.807) is 0 Å². The van der Waals surface area contributed by atoms with Crippen LogP contribution < -0.4 is 5.32 Å². The van der Waals surface area contributed by atoms with Gasteiger partial charge in [0.2, 0.25) is 0 Å². The van der Waals surface area contributed by atoms with Crippen molar-refractivity contribution < 1.29 is 9.90 Å². The van der Waals surface area contributed by atoms with Crippen molar-refractivity contribution in [3.63, 3.8) is 0 Å². The molecule has 0 aromatic rings. The summed E-state index contributed by atoms with van der Waals surface area (Å²) in [7, 11) is 0. The van der Waals surface area contributed by atoms with E-state index in [2.05, 4.69) is 23.1 Å². The molecule has 4 heteroatoms. The van der Waals surface area contributed by atoms with Gasteiger partial charge in [-0.3, -0.25) is 10.1 Å². The highest BCUT2D eigenvalue weighted by molar-refractivity contribution is 5.78. The molecule has 1 heterocycles. The molecule has 0 amide bonds. The average molecular weight is 238 g/mol. The molecular formula is C13H22N2O2. The first-order chi connectivity index (χ1) is 8.14. The van der Waals surface area contributed by atoms with Crippen LogP contribution in [0, 0.1) is 12.3 Å². The van der Waals surface area contributed by atoms with Gasteiger partial charge in [-0.15, -0.1) is 6.42 Å². The largest absolute Gasteiger partial charge is 0.480 e. The predicted molar refractivity (Wildman–Crippen MR) is 67.8 cm³/mol. The number of nitrogens with zero attached hydrogens (tertiary/aromatic N) is 1. The number of carboxylic acid groups (broad SMARTS) is 1. The van der Waals surface area contributed by atoms with E-state index in [1.165, 1.54) is 0 Å². The molecule has 1 fully saturated rings. The zero-order valence-corrected chi connectivity index (χ0v) is 10.5. The number of carbonyl (C=O) groups is 1. The normalized spacial score (nSPS) is 26.1. The van der Waals surface area contributed by atoms with Gasteiger partial charge in [-0.2, -0.15) is 0 Å². The van der Waals surface area contributed by atoms with Crippen molar-refractivity contribution in [2.45, 2.75) is 38.1 Å². The number of nitrogens with one attached hydrogen (secondary N) is 1. The highest BCUT2D eigenvalue weighted by Crippen LogP contribution is 2.23. The van der Waals surface area contributed by atoms with Crippen LogP contribution in [0.4, 0.5) is 0 Å². The quantitative estimate of drug-likeness (QED) is 0.700. The third-order valence-corrected chi connectivity index (χ3v) is 3.41. The van der Waals surface area contributed by atoms with Crippen LogP contribution in [-0.4, -0.2) is 47.7 Å². The molecule has 0 spiro atoms. The van der Waals surface area contributed by atoms with Crippen molar-refractivity contribution >= 4 is 5.97 Å². The van der Waals surface area contributed by atoms with E-state index in [-0.39, 0.29) is 0 Å². The number of aliphatic carboxylic acids is 1. The van der Waals surface area contributed by atoms with Gasteiger partial charge in [0.1, 0.15) is 5.54 Å².